The lowest BCUT2D eigenvalue weighted by atomic mass is 10.0. The molecule has 0 bridgehead atoms. The van der Waals surface area contributed by atoms with Gasteiger partial charge in [-0.15, -0.1) is 0 Å². The number of aromatic nitrogens is 2. The standard InChI is InChI=1S/C37H28N2/c1-3-13-33-30(4-2)36-35(38(33)28-16-9-6-10-17-28)25-24-32-31-18-11-12-19-34(31)39(37(32)36)29-22-20-27(21-23-29)26-14-7-5-8-15-26/h3-25H,2H2,1H3/b13-3-. The van der Waals surface area contributed by atoms with Gasteiger partial charge in [-0.1, -0.05) is 104 Å². The van der Waals surface area contributed by atoms with Crippen molar-refractivity contribution in [2.75, 3.05) is 0 Å². The molecular formula is C37H28N2. The number of allylic oxidation sites excluding steroid dienone is 1. The molecule has 0 aliphatic rings. The molecule has 0 spiro atoms. The van der Waals surface area contributed by atoms with Crippen LogP contribution in [0.2, 0.25) is 0 Å². The zero-order valence-corrected chi connectivity index (χ0v) is 21.9. The summed E-state index contributed by atoms with van der Waals surface area (Å²) in [4.78, 5) is 0. The van der Waals surface area contributed by atoms with E-state index in [1.54, 1.807) is 0 Å². The van der Waals surface area contributed by atoms with E-state index in [9.17, 15) is 0 Å². The highest BCUT2D eigenvalue weighted by molar-refractivity contribution is 6.21. The van der Waals surface area contributed by atoms with Crippen molar-refractivity contribution in [2.24, 2.45) is 0 Å². The molecule has 39 heavy (non-hydrogen) atoms. The van der Waals surface area contributed by atoms with E-state index >= 15 is 0 Å². The Hall–Kier alpha value is -5.08. The third-order valence-corrected chi connectivity index (χ3v) is 7.62. The molecule has 2 heterocycles. The fourth-order valence-electron chi connectivity index (χ4n) is 5.96. The Morgan fingerprint density at radius 1 is 0.564 bits per heavy atom. The Labute approximate surface area is 228 Å². The summed E-state index contributed by atoms with van der Waals surface area (Å²) >= 11 is 0. The highest BCUT2D eigenvalue weighted by Crippen LogP contribution is 2.41. The van der Waals surface area contributed by atoms with E-state index in [-0.39, 0.29) is 0 Å². The number of rotatable bonds is 5. The van der Waals surface area contributed by atoms with E-state index in [0.29, 0.717) is 0 Å². The smallest absolute Gasteiger partial charge is 0.0641 e. The van der Waals surface area contributed by atoms with Crippen LogP contribution < -0.4 is 0 Å². The number of benzene rings is 5. The van der Waals surface area contributed by atoms with Crippen LogP contribution >= 0.6 is 0 Å². The number of fused-ring (bicyclic) bond motifs is 5. The minimum atomic E-state index is 1.14. The van der Waals surface area contributed by atoms with Crippen molar-refractivity contribution in [3.05, 3.63) is 145 Å². The normalized spacial score (nSPS) is 11.7. The van der Waals surface area contributed by atoms with Gasteiger partial charge in [0.1, 0.15) is 0 Å². The van der Waals surface area contributed by atoms with Gasteiger partial charge in [0.05, 0.1) is 22.2 Å². The van der Waals surface area contributed by atoms with Gasteiger partial charge in [-0.25, -0.2) is 0 Å². The Balaban J connectivity index is 1.61. The van der Waals surface area contributed by atoms with Crippen molar-refractivity contribution in [3.63, 3.8) is 0 Å². The van der Waals surface area contributed by atoms with Gasteiger partial charge in [-0.05, 0) is 60.5 Å². The summed E-state index contributed by atoms with van der Waals surface area (Å²) in [6.07, 6.45) is 6.31. The number of hydrogen-bond donors (Lipinski definition) is 0. The van der Waals surface area contributed by atoms with Gasteiger partial charge in [0.2, 0.25) is 0 Å². The highest BCUT2D eigenvalue weighted by Gasteiger charge is 2.22. The Morgan fingerprint density at radius 2 is 1.21 bits per heavy atom. The Bertz CT molecular complexity index is 2000. The van der Waals surface area contributed by atoms with E-state index in [0.717, 1.165) is 22.6 Å². The summed E-state index contributed by atoms with van der Waals surface area (Å²) < 4.78 is 4.77. The first-order valence-corrected chi connectivity index (χ1v) is 13.4. The van der Waals surface area contributed by atoms with Crippen molar-refractivity contribution in [1.82, 2.24) is 9.13 Å². The van der Waals surface area contributed by atoms with Crippen LogP contribution in [-0.4, -0.2) is 9.13 Å². The fraction of sp³-hybridized carbons (Fsp3) is 0.0270. The molecule has 0 amide bonds. The van der Waals surface area contributed by atoms with Crippen LogP contribution in [0, 0.1) is 0 Å². The molecule has 0 fully saturated rings. The molecule has 0 aliphatic carbocycles. The lowest BCUT2D eigenvalue weighted by Crippen LogP contribution is -1.96. The van der Waals surface area contributed by atoms with Crippen LogP contribution in [0.5, 0.6) is 0 Å². The first-order chi connectivity index (χ1) is 19.3. The lowest BCUT2D eigenvalue weighted by Gasteiger charge is -2.11. The van der Waals surface area contributed by atoms with Crippen molar-refractivity contribution in [3.8, 4) is 22.5 Å². The maximum absolute atomic E-state index is 4.28. The van der Waals surface area contributed by atoms with Gasteiger partial charge in [0.25, 0.3) is 0 Å². The van der Waals surface area contributed by atoms with Gasteiger partial charge in [0, 0.05) is 33.1 Å². The molecule has 2 nitrogen and oxygen atoms in total. The number of para-hydroxylation sites is 2. The van der Waals surface area contributed by atoms with Crippen molar-refractivity contribution < 1.29 is 0 Å². The predicted molar refractivity (Wildman–Crippen MR) is 168 cm³/mol. The molecule has 0 radical (unpaired) electrons. The summed E-state index contributed by atoms with van der Waals surface area (Å²) in [5.74, 6) is 0. The van der Waals surface area contributed by atoms with Crippen LogP contribution in [0.4, 0.5) is 0 Å². The molecule has 0 saturated heterocycles. The largest absolute Gasteiger partial charge is 0.309 e. The van der Waals surface area contributed by atoms with Gasteiger partial charge in [0.15, 0.2) is 0 Å². The number of hydrogen-bond acceptors (Lipinski definition) is 0. The second-order valence-electron chi connectivity index (χ2n) is 9.80. The molecular weight excluding hydrogens is 472 g/mol. The zero-order chi connectivity index (χ0) is 26.3. The van der Waals surface area contributed by atoms with Crippen molar-refractivity contribution >= 4 is 44.9 Å². The molecule has 0 unspecified atom stereocenters. The minimum absolute atomic E-state index is 1.14. The maximum atomic E-state index is 4.28. The molecule has 7 aromatic rings. The monoisotopic (exact) mass is 500 g/mol. The Kier molecular flexibility index (Phi) is 5.53. The van der Waals surface area contributed by atoms with E-state index in [2.05, 4.69) is 156 Å². The molecule has 5 aromatic carbocycles. The van der Waals surface area contributed by atoms with E-state index in [4.69, 9.17) is 0 Å². The molecule has 0 atom stereocenters. The summed E-state index contributed by atoms with van der Waals surface area (Å²) in [5, 5.41) is 3.70. The summed E-state index contributed by atoms with van der Waals surface area (Å²) in [5.41, 5.74) is 10.6. The summed E-state index contributed by atoms with van der Waals surface area (Å²) in [7, 11) is 0. The minimum Gasteiger partial charge on any atom is -0.309 e. The van der Waals surface area contributed by atoms with Crippen LogP contribution in [0.3, 0.4) is 0 Å². The molecule has 0 N–H and O–H groups in total. The quantitative estimate of drug-likeness (QED) is 0.222. The number of nitrogens with zero attached hydrogens (tertiary/aromatic N) is 2. The van der Waals surface area contributed by atoms with Crippen LogP contribution in [0.25, 0.3) is 67.4 Å². The average Bonchev–Trinajstić information content (AvgIpc) is 3.50. The third kappa shape index (κ3) is 3.57. The van der Waals surface area contributed by atoms with E-state index in [1.165, 1.54) is 43.8 Å². The van der Waals surface area contributed by atoms with E-state index < -0.39 is 0 Å². The van der Waals surface area contributed by atoms with Gasteiger partial charge in [-0.3, -0.25) is 0 Å². The first-order valence-electron chi connectivity index (χ1n) is 13.4. The zero-order valence-electron chi connectivity index (χ0n) is 21.9. The van der Waals surface area contributed by atoms with Gasteiger partial charge < -0.3 is 9.13 Å². The summed E-state index contributed by atoms with van der Waals surface area (Å²) in [6, 6.07) is 43.3. The van der Waals surface area contributed by atoms with E-state index in [1.807, 2.05) is 6.08 Å². The Morgan fingerprint density at radius 3 is 1.92 bits per heavy atom. The molecule has 0 saturated carbocycles. The van der Waals surface area contributed by atoms with Crippen LogP contribution in [0.1, 0.15) is 18.2 Å². The molecule has 7 rings (SSSR count). The second kappa shape index (κ2) is 9.34. The van der Waals surface area contributed by atoms with Gasteiger partial charge in [-0.2, -0.15) is 0 Å². The highest BCUT2D eigenvalue weighted by atomic mass is 15.0. The van der Waals surface area contributed by atoms with Gasteiger partial charge >= 0.3 is 0 Å². The second-order valence-corrected chi connectivity index (χ2v) is 9.80. The average molecular weight is 501 g/mol. The maximum Gasteiger partial charge on any atom is 0.0641 e. The molecule has 0 aliphatic heterocycles. The van der Waals surface area contributed by atoms with Crippen LogP contribution in [0.15, 0.2) is 134 Å². The molecule has 2 aromatic heterocycles. The first kappa shape index (κ1) is 23.1. The lowest BCUT2D eigenvalue weighted by molar-refractivity contribution is 1.10. The molecule has 186 valence electrons. The molecule has 2 heteroatoms. The van der Waals surface area contributed by atoms with Crippen molar-refractivity contribution in [2.45, 2.75) is 6.92 Å². The summed E-state index contributed by atoms with van der Waals surface area (Å²) in [6.45, 7) is 6.35. The fourth-order valence-corrected chi connectivity index (χ4v) is 5.96. The predicted octanol–water partition coefficient (Wildman–Crippen LogP) is 10.1. The van der Waals surface area contributed by atoms with Crippen molar-refractivity contribution in [1.29, 1.82) is 0 Å². The SMILES string of the molecule is C=Cc1c(/C=C\C)n(-c2ccccc2)c2ccc3c4ccccc4n(-c4ccc(-c5ccccc5)cc4)c3c12. The topological polar surface area (TPSA) is 9.86 Å². The third-order valence-electron chi connectivity index (χ3n) is 7.62. The van der Waals surface area contributed by atoms with Crippen LogP contribution in [-0.2, 0) is 0 Å².